The molecule has 1 N–H and O–H groups in total. The molecule has 2 nitrogen and oxygen atoms in total. The molecule has 1 heterocycles. The zero-order valence-corrected chi connectivity index (χ0v) is 7.72. The fourth-order valence-corrected chi connectivity index (χ4v) is 1.52. The number of halogens is 1. The molecule has 2 aromatic rings. The minimum absolute atomic E-state index is 0.600. The first kappa shape index (κ1) is 7.38. The molecule has 0 radical (unpaired) electrons. The molecular weight excluding hydrogens is 216 g/mol. The smallest absolute Gasteiger partial charge is 0.118 e. The summed E-state index contributed by atoms with van der Waals surface area (Å²) in [6.45, 7) is 0. The molecule has 58 valence electrons. The molecule has 0 atom stereocenters. The highest BCUT2D eigenvalue weighted by molar-refractivity contribution is 9.10. The number of nitrogens with one attached hydrogen (secondary N) is 1. The van der Waals surface area contributed by atoms with Crippen LogP contribution in [0.5, 0.6) is 0 Å². The summed E-state index contributed by atoms with van der Waals surface area (Å²) in [5, 5.41) is 9.68. The Bertz CT molecular complexity index is 465. The van der Waals surface area contributed by atoms with Gasteiger partial charge in [0, 0.05) is 15.4 Å². The number of rotatable bonds is 0. The third-order valence-corrected chi connectivity index (χ3v) is 2.20. The van der Waals surface area contributed by atoms with Gasteiger partial charge in [-0.05, 0) is 18.2 Å². The summed E-state index contributed by atoms with van der Waals surface area (Å²) in [4.78, 5) is 2.99. The third kappa shape index (κ3) is 1.10. The van der Waals surface area contributed by atoms with Crippen LogP contribution in [0.25, 0.3) is 10.9 Å². The number of fused-ring (bicyclic) bond motifs is 1. The number of nitrogens with zero attached hydrogens (tertiary/aromatic N) is 1. The predicted molar refractivity (Wildman–Crippen MR) is 50.7 cm³/mol. The van der Waals surface area contributed by atoms with E-state index in [-0.39, 0.29) is 0 Å². The van der Waals surface area contributed by atoms with Crippen molar-refractivity contribution in [3.8, 4) is 6.07 Å². The molecule has 0 fully saturated rings. The molecule has 0 amide bonds. The van der Waals surface area contributed by atoms with Crippen LogP contribution in [0.3, 0.4) is 0 Å². The standard InChI is InChI=1S/C9H5BrN2/c10-7-2-1-6-3-8(5-11)12-9(6)4-7/h1-4,12H. The minimum Gasteiger partial charge on any atom is -0.346 e. The van der Waals surface area contributed by atoms with Crippen molar-refractivity contribution in [2.75, 3.05) is 0 Å². The second-order valence-electron chi connectivity index (χ2n) is 2.53. The van der Waals surface area contributed by atoms with Crippen molar-refractivity contribution in [1.82, 2.24) is 4.98 Å². The van der Waals surface area contributed by atoms with Gasteiger partial charge in [0.15, 0.2) is 0 Å². The van der Waals surface area contributed by atoms with Crippen molar-refractivity contribution in [1.29, 1.82) is 5.26 Å². The molecule has 0 unspecified atom stereocenters. The van der Waals surface area contributed by atoms with E-state index in [9.17, 15) is 0 Å². The molecule has 2 rings (SSSR count). The molecule has 0 bridgehead atoms. The van der Waals surface area contributed by atoms with Gasteiger partial charge in [-0.1, -0.05) is 22.0 Å². The SMILES string of the molecule is N#Cc1cc2ccc(Br)cc2[nH]1. The second-order valence-corrected chi connectivity index (χ2v) is 3.44. The Morgan fingerprint density at radius 3 is 2.92 bits per heavy atom. The van der Waals surface area contributed by atoms with Gasteiger partial charge in [0.2, 0.25) is 0 Å². The minimum atomic E-state index is 0.600. The van der Waals surface area contributed by atoms with Crippen LogP contribution in [0.15, 0.2) is 28.7 Å². The van der Waals surface area contributed by atoms with E-state index in [1.165, 1.54) is 0 Å². The number of aromatic amines is 1. The van der Waals surface area contributed by atoms with E-state index in [1.54, 1.807) is 0 Å². The maximum atomic E-state index is 8.61. The molecule has 1 aromatic carbocycles. The summed E-state index contributed by atoms with van der Waals surface area (Å²) in [6, 6.07) is 9.78. The van der Waals surface area contributed by atoms with Crippen molar-refractivity contribution in [3.05, 3.63) is 34.4 Å². The van der Waals surface area contributed by atoms with Crippen molar-refractivity contribution in [2.24, 2.45) is 0 Å². The van der Waals surface area contributed by atoms with Gasteiger partial charge in [-0.25, -0.2) is 0 Å². The van der Waals surface area contributed by atoms with Crippen molar-refractivity contribution in [3.63, 3.8) is 0 Å². The predicted octanol–water partition coefficient (Wildman–Crippen LogP) is 2.80. The van der Waals surface area contributed by atoms with Crippen LogP contribution in [0, 0.1) is 11.3 Å². The van der Waals surface area contributed by atoms with E-state index >= 15 is 0 Å². The molecule has 0 aliphatic rings. The van der Waals surface area contributed by atoms with E-state index in [0.717, 1.165) is 15.4 Å². The molecule has 0 aliphatic heterocycles. The first-order valence-electron chi connectivity index (χ1n) is 3.48. The third-order valence-electron chi connectivity index (χ3n) is 1.70. The Morgan fingerprint density at radius 1 is 1.33 bits per heavy atom. The van der Waals surface area contributed by atoms with Crippen molar-refractivity contribution >= 4 is 26.8 Å². The molecule has 0 aliphatic carbocycles. The van der Waals surface area contributed by atoms with Crippen LogP contribution < -0.4 is 0 Å². The van der Waals surface area contributed by atoms with Gasteiger partial charge in [-0.3, -0.25) is 0 Å². The van der Waals surface area contributed by atoms with Crippen LogP contribution in [0.2, 0.25) is 0 Å². The number of aromatic nitrogens is 1. The Balaban J connectivity index is 2.77. The molecule has 1 aromatic heterocycles. The van der Waals surface area contributed by atoms with E-state index in [0.29, 0.717) is 5.69 Å². The highest BCUT2D eigenvalue weighted by atomic mass is 79.9. The fourth-order valence-electron chi connectivity index (χ4n) is 1.16. The topological polar surface area (TPSA) is 39.6 Å². The monoisotopic (exact) mass is 220 g/mol. The first-order chi connectivity index (χ1) is 5.79. The Hall–Kier alpha value is -1.27. The lowest BCUT2D eigenvalue weighted by Crippen LogP contribution is -1.69. The number of hydrogen-bond donors (Lipinski definition) is 1. The van der Waals surface area contributed by atoms with E-state index in [4.69, 9.17) is 5.26 Å². The Labute approximate surface area is 77.9 Å². The largest absolute Gasteiger partial charge is 0.346 e. The summed E-state index contributed by atoms with van der Waals surface area (Å²) in [5.41, 5.74) is 1.59. The van der Waals surface area contributed by atoms with Crippen molar-refractivity contribution in [2.45, 2.75) is 0 Å². The van der Waals surface area contributed by atoms with Gasteiger partial charge >= 0.3 is 0 Å². The lowest BCUT2D eigenvalue weighted by molar-refractivity contribution is 1.37. The van der Waals surface area contributed by atoms with Crippen LogP contribution in [0.4, 0.5) is 0 Å². The fraction of sp³-hybridized carbons (Fsp3) is 0. The molecule has 0 spiro atoms. The lowest BCUT2D eigenvalue weighted by Gasteiger charge is -1.88. The summed E-state index contributed by atoms with van der Waals surface area (Å²) in [7, 11) is 0. The Kier molecular flexibility index (Phi) is 1.63. The van der Waals surface area contributed by atoms with E-state index in [2.05, 4.69) is 27.0 Å². The number of nitriles is 1. The molecule has 0 saturated carbocycles. The highest BCUT2D eigenvalue weighted by Crippen LogP contribution is 2.19. The summed E-state index contributed by atoms with van der Waals surface area (Å²) in [6.07, 6.45) is 0. The normalized spacial score (nSPS) is 10.0. The van der Waals surface area contributed by atoms with Gasteiger partial charge in [-0.15, -0.1) is 0 Å². The zero-order chi connectivity index (χ0) is 8.55. The Morgan fingerprint density at radius 2 is 2.17 bits per heavy atom. The number of hydrogen-bond acceptors (Lipinski definition) is 1. The molecular formula is C9H5BrN2. The van der Waals surface area contributed by atoms with Gasteiger partial charge in [0.05, 0.1) is 0 Å². The second kappa shape index (κ2) is 2.65. The highest BCUT2D eigenvalue weighted by Gasteiger charge is 1.98. The van der Waals surface area contributed by atoms with Crippen LogP contribution in [0.1, 0.15) is 5.69 Å². The van der Waals surface area contributed by atoms with Crippen molar-refractivity contribution < 1.29 is 0 Å². The average molecular weight is 221 g/mol. The lowest BCUT2D eigenvalue weighted by atomic mass is 10.2. The van der Waals surface area contributed by atoms with Gasteiger partial charge in [0.1, 0.15) is 11.8 Å². The quantitative estimate of drug-likeness (QED) is 0.729. The van der Waals surface area contributed by atoms with E-state index in [1.807, 2.05) is 24.3 Å². The number of benzene rings is 1. The molecule has 12 heavy (non-hydrogen) atoms. The summed E-state index contributed by atoms with van der Waals surface area (Å²) < 4.78 is 1.02. The maximum Gasteiger partial charge on any atom is 0.118 e. The van der Waals surface area contributed by atoms with Gasteiger partial charge in [-0.2, -0.15) is 5.26 Å². The number of H-pyrrole nitrogens is 1. The van der Waals surface area contributed by atoms with Crippen LogP contribution in [-0.2, 0) is 0 Å². The molecule has 3 heteroatoms. The molecule has 0 saturated heterocycles. The first-order valence-corrected chi connectivity index (χ1v) is 4.27. The average Bonchev–Trinajstić information content (AvgIpc) is 2.46. The maximum absolute atomic E-state index is 8.61. The van der Waals surface area contributed by atoms with Crippen LogP contribution >= 0.6 is 15.9 Å². The van der Waals surface area contributed by atoms with Crippen LogP contribution in [-0.4, -0.2) is 4.98 Å². The summed E-state index contributed by atoms with van der Waals surface area (Å²) >= 11 is 3.36. The van der Waals surface area contributed by atoms with E-state index < -0.39 is 0 Å². The van der Waals surface area contributed by atoms with Gasteiger partial charge in [0.25, 0.3) is 0 Å². The van der Waals surface area contributed by atoms with Gasteiger partial charge < -0.3 is 4.98 Å². The zero-order valence-electron chi connectivity index (χ0n) is 6.13. The summed E-state index contributed by atoms with van der Waals surface area (Å²) in [5.74, 6) is 0.